The zero-order chi connectivity index (χ0) is 8.91. The van der Waals surface area contributed by atoms with Crippen molar-refractivity contribution in [1.82, 2.24) is 0 Å². The maximum absolute atomic E-state index is 10.1. The zero-order valence-electron chi connectivity index (χ0n) is 7.93. The van der Waals surface area contributed by atoms with Gasteiger partial charge in [-0.05, 0) is 18.5 Å². The van der Waals surface area contributed by atoms with Gasteiger partial charge in [0, 0.05) is 0 Å². The average molecular weight is 176 g/mol. The molecule has 0 saturated heterocycles. The molecule has 0 aromatic heterocycles. The Morgan fingerprint density at radius 3 is 1.82 bits per heavy atom. The van der Waals surface area contributed by atoms with Gasteiger partial charge in [0.1, 0.15) is 0 Å². The van der Waals surface area contributed by atoms with Crippen LogP contribution in [0.4, 0.5) is 0 Å². The first-order valence-electron chi connectivity index (χ1n) is 4.54. The minimum Gasteiger partial charge on any atom is -0.389 e. The Kier molecular flexibility index (Phi) is 5.29. The van der Waals surface area contributed by atoms with E-state index in [0.29, 0.717) is 5.66 Å². The van der Waals surface area contributed by atoms with E-state index >= 15 is 0 Å². The van der Waals surface area contributed by atoms with Gasteiger partial charge in [0.15, 0.2) is 0 Å². The molecule has 0 aromatic carbocycles. The predicted molar refractivity (Wildman–Crippen MR) is 53.9 cm³/mol. The van der Waals surface area contributed by atoms with E-state index < -0.39 is 5.60 Å². The molecule has 2 heteroatoms. The van der Waals surface area contributed by atoms with Crippen LogP contribution < -0.4 is 0 Å². The first kappa shape index (κ1) is 11.4. The lowest BCUT2D eigenvalue weighted by Gasteiger charge is -2.31. The van der Waals surface area contributed by atoms with Crippen molar-refractivity contribution in [1.29, 1.82) is 0 Å². The molecule has 0 spiro atoms. The molecule has 0 aliphatic heterocycles. The third-order valence-corrected chi connectivity index (χ3v) is 2.83. The van der Waals surface area contributed by atoms with Crippen molar-refractivity contribution in [2.24, 2.45) is 0 Å². The zero-order valence-corrected chi connectivity index (χ0v) is 9.09. The first-order valence-corrected chi connectivity index (χ1v) is 5.21. The molecule has 0 radical (unpaired) electrons. The van der Waals surface area contributed by atoms with Gasteiger partial charge in [-0.1, -0.05) is 33.6 Å². The maximum Gasteiger partial charge on any atom is 0.0707 e. The molecule has 11 heavy (non-hydrogen) atoms. The van der Waals surface area contributed by atoms with E-state index in [4.69, 9.17) is 0 Å². The van der Waals surface area contributed by atoms with Gasteiger partial charge >= 0.3 is 0 Å². The lowest BCUT2D eigenvalue weighted by molar-refractivity contribution is 0.0229. The Morgan fingerprint density at radius 1 is 1.27 bits per heavy atom. The van der Waals surface area contributed by atoms with Gasteiger partial charge in [-0.25, -0.2) is 0 Å². The summed E-state index contributed by atoms with van der Waals surface area (Å²) >= 11 is 0. The highest BCUT2D eigenvalue weighted by atomic mass is 31.0. The summed E-state index contributed by atoms with van der Waals surface area (Å²) in [4.78, 5) is 0. The standard InChI is InChI=1S/C9H21OP/c1-4-6-9(10,7-5-2)8(3)11/h8,10H,4-7,11H2,1-3H3. The number of hydrogen-bond donors (Lipinski definition) is 1. The summed E-state index contributed by atoms with van der Waals surface area (Å²) < 4.78 is 0. The molecular formula is C9H21OP. The highest BCUT2D eigenvalue weighted by Crippen LogP contribution is 2.28. The molecule has 2 atom stereocenters. The van der Waals surface area contributed by atoms with Crippen LogP contribution in [0.25, 0.3) is 0 Å². The molecule has 2 unspecified atom stereocenters. The fourth-order valence-corrected chi connectivity index (χ4v) is 1.78. The van der Waals surface area contributed by atoms with Crippen molar-refractivity contribution in [3.05, 3.63) is 0 Å². The van der Waals surface area contributed by atoms with E-state index in [9.17, 15) is 5.11 Å². The maximum atomic E-state index is 10.1. The van der Waals surface area contributed by atoms with Gasteiger partial charge in [0.05, 0.1) is 5.60 Å². The van der Waals surface area contributed by atoms with Gasteiger partial charge in [-0.2, -0.15) is 0 Å². The Balaban J connectivity index is 4.01. The molecule has 0 saturated carbocycles. The van der Waals surface area contributed by atoms with E-state index in [0.717, 1.165) is 25.7 Å². The van der Waals surface area contributed by atoms with Crippen molar-refractivity contribution >= 4 is 9.24 Å². The minimum atomic E-state index is -0.436. The smallest absolute Gasteiger partial charge is 0.0707 e. The van der Waals surface area contributed by atoms with Crippen LogP contribution in [0.5, 0.6) is 0 Å². The Bertz CT molecular complexity index is 95.7. The second kappa shape index (κ2) is 5.11. The Labute approximate surface area is 72.8 Å². The minimum absolute atomic E-state index is 0.308. The molecular weight excluding hydrogens is 155 g/mol. The lowest BCUT2D eigenvalue weighted by atomic mass is 9.90. The third kappa shape index (κ3) is 3.53. The summed E-state index contributed by atoms with van der Waals surface area (Å²) in [5, 5.41) is 10.1. The summed E-state index contributed by atoms with van der Waals surface area (Å²) in [5.74, 6) is 0. The molecule has 0 aromatic rings. The van der Waals surface area contributed by atoms with Crippen molar-refractivity contribution in [3.63, 3.8) is 0 Å². The van der Waals surface area contributed by atoms with Crippen molar-refractivity contribution in [2.45, 2.75) is 57.7 Å². The van der Waals surface area contributed by atoms with Gasteiger partial charge in [0.25, 0.3) is 0 Å². The highest BCUT2D eigenvalue weighted by Gasteiger charge is 2.28. The van der Waals surface area contributed by atoms with Crippen molar-refractivity contribution < 1.29 is 5.11 Å². The first-order chi connectivity index (χ1) is 5.06. The van der Waals surface area contributed by atoms with E-state index in [1.165, 1.54) is 0 Å². The van der Waals surface area contributed by atoms with Crippen LogP contribution in [-0.4, -0.2) is 16.4 Å². The number of rotatable bonds is 5. The largest absolute Gasteiger partial charge is 0.389 e. The quantitative estimate of drug-likeness (QED) is 0.638. The molecule has 0 fully saturated rings. The van der Waals surface area contributed by atoms with E-state index in [-0.39, 0.29) is 0 Å². The second-order valence-corrected chi connectivity index (χ2v) is 4.39. The molecule has 0 aliphatic rings. The van der Waals surface area contributed by atoms with Crippen LogP contribution in [0.2, 0.25) is 0 Å². The topological polar surface area (TPSA) is 20.2 Å². The summed E-state index contributed by atoms with van der Waals surface area (Å²) in [7, 11) is 2.70. The van der Waals surface area contributed by atoms with E-state index in [1.54, 1.807) is 0 Å². The molecule has 68 valence electrons. The Morgan fingerprint density at radius 2 is 1.64 bits per heavy atom. The van der Waals surface area contributed by atoms with Crippen LogP contribution in [-0.2, 0) is 0 Å². The fourth-order valence-electron chi connectivity index (χ4n) is 1.45. The number of aliphatic hydroxyl groups is 1. The fraction of sp³-hybridized carbons (Fsp3) is 1.00. The lowest BCUT2D eigenvalue weighted by Crippen LogP contribution is -2.36. The van der Waals surface area contributed by atoms with Gasteiger partial charge in [0.2, 0.25) is 0 Å². The molecule has 1 N–H and O–H groups in total. The molecule has 0 rings (SSSR count). The monoisotopic (exact) mass is 176 g/mol. The van der Waals surface area contributed by atoms with Crippen molar-refractivity contribution in [3.8, 4) is 0 Å². The summed E-state index contributed by atoms with van der Waals surface area (Å²) in [5.41, 5.74) is -0.129. The SMILES string of the molecule is CCCC(O)(CCC)C(C)P. The average Bonchev–Trinajstić information content (AvgIpc) is 1.88. The number of hydrogen-bond acceptors (Lipinski definition) is 1. The third-order valence-electron chi connectivity index (χ3n) is 2.21. The molecule has 0 bridgehead atoms. The molecule has 0 amide bonds. The summed E-state index contributed by atoms with van der Waals surface area (Å²) in [6.45, 7) is 6.30. The van der Waals surface area contributed by atoms with Crippen LogP contribution in [0.1, 0.15) is 46.5 Å². The van der Waals surface area contributed by atoms with Crippen LogP contribution >= 0.6 is 9.24 Å². The summed E-state index contributed by atoms with van der Waals surface area (Å²) in [6.07, 6.45) is 3.97. The van der Waals surface area contributed by atoms with E-state index in [1.807, 2.05) is 0 Å². The normalized spacial score (nSPS) is 15.0. The van der Waals surface area contributed by atoms with Crippen molar-refractivity contribution in [2.75, 3.05) is 0 Å². The predicted octanol–water partition coefficient (Wildman–Crippen LogP) is 2.58. The molecule has 0 heterocycles. The van der Waals surface area contributed by atoms with Gasteiger partial charge < -0.3 is 5.11 Å². The molecule has 0 aliphatic carbocycles. The highest BCUT2D eigenvalue weighted by molar-refractivity contribution is 7.17. The van der Waals surface area contributed by atoms with Crippen LogP contribution in [0, 0.1) is 0 Å². The van der Waals surface area contributed by atoms with E-state index in [2.05, 4.69) is 30.0 Å². The van der Waals surface area contributed by atoms with Crippen LogP contribution in [0.3, 0.4) is 0 Å². The van der Waals surface area contributed by atoms with Crippen LogP contribution in [0.15, 0.2) is 0 Å². The molecule has 1 nitrogen and oxygen atoms in total. The summed E-state index contributed by atoms with van der Waals surface area (Å²) in [6, 6.07) is 0. The second-order valence-electron chi connectivity index (χ2n) is 3.39. The Hall–Kier alpha value is 0.390. The van der Waals surface area contributed by atoms with Gasteiger partial charge in [-0.15, -0.1) is 9.24 Å². The van der Waals surface area contributed by atoms with Gasteiger partial charge in [-0.3, -0.25) is 0 Å².